The zero-order valence-electron chi connectivity index (χ0n) is 22.2. The molecule has 0 amide bonds. The maximum absolute atomic E-state index is 13.2. The summed E-state index contributed by atoms with van der Waals surface area (Å²) < 4.78 is 1.96. The predicted molar refractivity (Wildman–Crippen MR) is 143 cm³/mol. The molecule has 0 aliphatic rings. The van der Waals surface area contributed by atoms with Crippen molar-refractivity contribution in [2.75, 3.05) is 0 Å². The first-order chi connectivity index (χ1) is 17.2. The molecule has 1 N–H and O–H groups in total. The molecule has 0 aliphatic carbocycles. The van der Waals surface area contributed by atoms with Crippen LogP contribution in [0.3, 0.4) is 0 Å². The molecule has 4 rings (SSSR count). The lowest BCUT2D eigenvalue weighted by Gasteiger charge is -2.33. The van der Waals surface area contributed by atoms with Gasteiger partial charge in [0.25, 0.3) is 5.56 Å². The van der Waals surface area contributed by atoms with Gasteiger partial charge in [0, 0.05) is 41.9 Å². The molecule has 8 nitrogen and oxygen atoms in total. The highest BCUT2D eigenvalue weighted by Gasteiger charge is 2.31. The van der Waals surface area contributed by atoms with Crippen molar-refractivity contribution in [1.29, 1.82) is 0 Å². The zero-order valence-corrected chi connectivity index (χ0v) is 22.2. The van der Waals surface area contributed by atoms with Crippen LogP contribution in [0.15, 0.2) is 47.5 Å². The minimum Gasteiger partial charge on any atom is -0.322 e. The van der Waals surface area contributed by atoms with E-state index in [-0.39, 0.29) is 17.1 Å². The lowest BCUT2D eigenvalue weighted by Crippen LogP contribution is -2.36. The van der Waals surface area contributed by atoms with Gasteiger partial charge in [-0.3, -0.25) is 14.7 Å². The van der Waals surface area contributed by atoms with E-state index in [1.54, 1.807) is 6.20 Å². The van der Waals surface area contributed by atoms with Gasteiger partial charge < -0.3 is 4.98 Å². The van der Waals surface area contributed by atoms with Crippen molar-refractivity contribution in [2.24, 2.45) is 0 Å². The summed E-state index contributed by atoms with van der Waals surface area (Å²) in [6.07, 6.45) is 6.38. The highest BCUT2D eigenvalue weighted by Crippen LogP contribution is 2.31. The third-order valence-electron chi connectivity index (χ3n) is 7.10. The number of rotatable bonds is 10. The predicted octanol–water partition coefficient (Wildman–Crippen LogP) is 5.22. The van der Waals surface area contributed by atoms with Crippen LogP contribution in [0.2, 0.25) is 0 Å². The topological polar surface area (TPSA) is 92.6 Å². The summed E-state index contributed by atoms with van der Waals surface area (Å²) in [4.78, 5) is 23.0. The maximum atomic E-state index is 13.2. The van der Waals surface area contributed by atoms with Gasteiger partial charge in [-0.15, -0.1) is 5.10 Å². The molecule has 1 atom stereocenters. The number of aromatic amines is 1. The number of aromatic nitrogens is 6. The molecule has 1 aromatic carbocycles. The minimum absolute atomic E-state index is 0.0626. The van der Waals surface area contributed by atoms with Crippen LogP contribution in [0.1, 0.15) is 81.1 Å². The molecule has 0 radical (unpaired) electrons. The fourth-order valence-corrected chi connectivity index (χ4v) is 4.79. The SMILES string of the molecule is CCCC(c1nnnn1C(C)(C)CC)N(Cc1cccnc1)Cc1cc2c(C)cc(C)cc2[nH]c1=O. The number of tetrazole rings is 1. The van der Waals surface area contributed by atoms with E-state index in [2.05, 4.69) is 77.1 Å². The highest BCUT2D eigenvalue weighted by molar-refractivity contribution is 5.83. The molecule has 0 aliphatic heterocycles. The van der Waals surface area contributed by atoms with Crippen LogP contribution in [-0.4, -0.2) is 35.1 Å². The van der Waals surface area contributed by atoms with Crippen molar-refractivity contribution < 1.29 is 0 Å². The van der Waals surface area contributed by atoms with Crippen LogP contribution in [0.5, 0.6) is 0 Å². The van der Waals surface area contributed by atoms with Gasteiger partial charge in [0.15, 0.2) is 5.82 Å². The second-order valence-corrected chi connectivity index (χ2v) is 10.4. The number of fused-ring (bicyclic) bond motifs is 1. The lowest BCUT2D eigenvalue weighted by molar-refractivity contribution is 0.145. The largest absolute Gasteiger partial charge is 0.322 e. The van der Waals surface area contributed by atoms with Gasteiger partial charge in [0.1, 0.15) is 0 Å². The molecule has 0 saturated carbocycles. The van der Waals surface area contributed by atoms with Gasteiger partial charge in [-0.2, -0.15) is 0 Å². The van der Waals surface area contributed by atoms with E-state index in [1.807, 2.05) is 36.0 Å². The van der Waals surface area contributed by atoms with Gasteiger partial charge >= 0.3 is 0 Å². The van der Waals surface area contributed by atoms with E-state index >= 15 is 0 Å². The Morgan fingerprint density at radius 2 is 1.94 bits per heavy atom. The molecular weight excluding hydrogens is 450 g/mol. The Hall–Kier alpha value is -3.39. The first-order valence-electron chi connectivity index (χ1n) is 12.8. The summed E-state index contributed by atoms with van der Waals surface area (Å²) in [5, 5.41) is 14.0. The molecule has 4 aromatic rings. The normalized spacial score (nSPS) is 13.0. The number of benzene rings is 1. The van der Waals surface area contributed by atoms with Crippen molar-refractivity contribution in [3.8, 4) is 0 Å². The van der Waals surface area contributed by atoms with Gasteiger partial charge in [-0.25, -0.2) is 4.68 Å². The third-order valence-corrected chi connectivity index (χ3v) is 7.10. The summed E-state index contributed by atoms with van der Waals surface area (Å²) in [7, 11) is 0. The summed E-state index contributed by atoms with van der Waals surface area (Å²) in [5.74, 6) is 0.830. The molecule has 0 spiro atoms. The Balaban J connectivity index is 1.81. The lowest BCUT2D eigenvalue weighted by atomic mass is 10.00. The van der Waals surface area contributed by atoms with E-state index in [0.717, 1.165) is 58.2 Å². The fourth-order valence-electron chi connectivity index (χ4n) is 4.79. The number of hydrogen-bond donors (Lipinski definition) is 1. The smallest absolute Gasteiger partial charge is 0.252 e. The van der Waals surface area contributed by atoms with E-state index in [9.17, 15) is 4.79 Å². The Bertz CT molecular complexity index is 1370. The average molecular weight is 488 g/mol. The van der Waals surface area contributed by atoms with Crippen LogP contribution >= 0.6 is 0 Å². The van der Waals surface area contributed by atoms with Gasteiger partial charge in [0.2, 0.25) is 0 Å². The Labute approximate surface area is 212 Å². The van der Waals surface area contributed by atoms with E-state index in [0.29, 0.717) is 13.1 Å². The van der Waals surface area contributed by atoms with E-state index < -0.39 is 0 Å². The molecule has 36 heavy (non-hydrogen) atoms. The van der Waals surface area contributed by atoms with Crippen LogP contribution < -0.4 is 5.56 Å². The molecule has 0 bridgehead atoms. The Kier molecular flexibility index (Phi) is 7.64. The number of aryl methyl sites for hydroxylation is 2. The Morgan fingerprint density at radius 3 is 2.64 bits per heavy atom. The van der Waals surface area contributed by atoms with E-state index in [1.165, 1.54) is 0 Å². The van der Waals surface area contributed by atoms with Crippen molar-refractivity contribution in [1.82, 2.24) is 35.1 Å². The molecule has 190 valence electrons. The summed E-state index contributed by atoms with van der Waals surface area (Å²) >= 11 is 0. The van der Waals surface area contributed by atoms with Crippen LogP contribution in [0, 0.1) is 13.8 Å². The van der Waals surface area contributed by atoms with E-state index in [4.69, 9.17) is 0 Å². The number of nitrogens with zero attached hydrogens (tertiary/aromatic N) is 6. The van der Waals surface area contributed by atoms with Gasteiger partial charge in [0.05, 0.1) is 11.6 Å². The molecule has 0 fully saturated rings. The Morgan fingerprint density at radius 1 is 1.14 bits per heavy atom. The summed E-state index contributed by atoms with van der Waals surface area (Å²) in [6.45, 7) is 13.9. The van der Waals surface area contributed by atoms with Crippen molar-refractivity contribution in [3.05, 3.63) is 81.2 Å². The highest BCUT2D eigenvalue weighted by atomic mass is 16.1. The fraction of sp³-hybridized carbons (Fsp3) is 0.464. The number of nitrogens with one attached hydrogen (secondary N) is 1. The molecule has 1 unspecified atom stereocenters. The van der Waals surface area contributed by atoms with Crippen molar-refractivity contribution in [2.45, 2.75) is 85.5 Å². The third kappa shape index (κ3) is 5.38. The van der Waals surface area contributed by atoms with Crippen molar-refractivity contribution >= 4 is 10.9 Å². The summed E-state index contributed by atoms with van der Waals surface area (Å²) in [5.41, 5.74) is 4.69. The number of H-pyrrole nitrogens is 1. The standard InChI is InChI=1S/C28H37N7O/c1-7-10-25(26-31-32-33-35(26)28(5,6)8-2)34(17-21-11-9-12-29-16-21)18-22-15-23-20(4)13-19(3)14-24(23)30-27(22)36/h9,11-16,25H,7-8,10,17-18H2,1-6H3,(H,30,36). The number of hydrogen-bond acceptors (Lipinski definition) is 6. The van der Waals surface area contributed by atoms with Crippen LogP contribution in [0.25, 0.3) is 10.9 Å². The second kappa shape index (κ2) is 10.7. The minimum atomic E-state index is -0.222. The zero-order chi connectivity index (χ0) is 25.9. The van der Waals surface area contributed by atoms with Gasteiger partial charge in [-0.1, -0.05) is 32.4 Å². The first-order valence-corrected chi connectivity index (χ1v) is 12.8. The summed E-state index contributed by atoms with van der Waals surface area (Å²) in [6, 6.07) is 10.2. The molecule has 8 heteroatoms. The van der Waals surface area contributed by atoms with Crippen LogP contribution in [-0.2, 0) is 18.6 Å². The first kappa shape index (κ1) is 25.7. The monoisotopic (exact) mass is 487 g/mol. The average Bonchev–Trinajstić information content (AvgIpc) is 3.34. The molecule has 0 saturated heterocycles. The van der Waals surface area contributed by atoms with Gasteiger partial charge in [-0.05, 0) is 85.9 Å². The molecule has 3 aromatic heterocycles. The second-order valence-electron chi connectivity index (χ2n) is 10.4. The number of pyridine rings is 2. The van der Waals surface area contributed by atoms with Crippen LogP contribution in [0.4, 0.5) is 0 Å². The molecule has 3 heterocycles. The quantitative estimate of drug-likeness (QED) is 0.330. The molecular formula is C28H37N7O. The van der Waals surface area contributed by atoms with Crippen molar-refractivity contribution in [3.63, 3.8) is 0 Å². The maximum Gasteiger partial charge on any atom is 0.252 e.